The number of carbonyl (C=O) groups is 1. The Morgan fingerprint density at radius 2 is 2.15 bits per heavy atom. The van der Waals surface area contributed by atoms with Gasteiger partial charge >= 0.3 is 6.03 Å². The van der Waals surface area contributed by atoms with Gasteiger partial charge in [0.2, 0.25) is 0 Å². The smallest absolute Gasteiger partial charge is 0.338 e. The molecule has 0 aliphatic heterocycles. The van der Waals surface area contributed by atoms with E-state index >= 15 is 0 Å². The minimum absolute atomic E-state index is 0.301. The topological polar surface area (TPSA) is 59.6 Å². The molecule has 5 nitrogen and oxygen atoms in total. The Bertz CT molecular complexity index is 131. The average molecular weight is 190 g/mol. The summed E-state index contributed by atoms with van der Waals surface area (Å²) >= 11 is 0. The molecule has 13 heavy (non-hydrogen) atoms. The molecule has 78 valence electrons. The van der Waals surface area contributed by atoms with Gasteiger partial charge in [0, 0.05) is 13.7 Å². The van der Waals surface area contributed by atoms with Gasteiger partial charge in [-0.3, -0.25) is 4.84 Å². The molecule has 0 aromatic carbocycles. The van der Waals surface area contributed by atoms with E-state index in [1.807, 2.05) is 0 Å². The standard InChI is InChI=1S/C8H18N2O3/c1-3-4-5-9-8(11)10-13-7-6-12-2/h3-7H2,1-2H3,(H2,9,10,11). The Labute approximate surface area is 78.7 Å². The second kappa shape index (κ2) is 9.28. The monoisotopic (exact) mass is 190 g/mol. The van der Waals surface area contributed by atoms with Crippen LogP contribution in [0, 0.1) is 0 Å². The minimum Gasteiger partial charge on any atom is -0.382 e. The van der Waals surface area contributed by atoms with Crippen molar-refractivity contribution in [2.75, 3.05) is 26.9 Å². The first kappa shape index (κ1) is 12.2. The van der Waals surface area contributed by atoms with Crippen LogP contribution in [0.1, 0.15) is 19.8 Å². The lowest BCUT2D eigenvalue weighted by Gasteiger charge is -2.06. The van der Waals surface area contributed by atoms with E-state index in [0.29, 0.717) is 19.8 Å². The molecule has 2 N–H and O–H groups in total. The molecule has 0 radical (unpaired) electrons. The first-order valence-corrected chi connectivity index (χ1v) is 4.45. The van der Waals surface area contributed by atoms with Gasteiger partial charge in [0.05, 0.1) is 13.2 Å². The molecule has 0 saturated heterocycles. The maximum absolute atomic E-state index is 10.9. The fraction of sp³-hybridized carbons (Fsp3) is 0.875. The number of nitrogens with one attached hydrogen (secondary N) is 2. The van der Waals surface area contributed by atoms with Gasteiger partial charge in [-0.1, -0.05) is 13.3 Å². The van der Waals surface area contributed by atoms with Crippen molar-refractivity contribution < 1.29 is 14.4 Å². The van der Waals surface area contributed by atoms with E-state index in [9.17, 15) is 4.79 Å². The van der Waals surface area contributed by atoms with Crippen molar-refractivity contribution in [3.63, 3.8) is 0 Å². The molecule has 0 aliphatic rings. The Morgan fingerprint density at radius 3 is 2.77 bits per heavy atom. The molecule has 0 aromatic heterocycles. The number of amides is 2. The maximum Gasteiger partial charge on any atom is 0.338 e. The summed E-state index contributed by atoms with van der Waals surface area (Å²) in [7, 11) is 1.57. The Balaban J connectivity index is 3.11. The summed E-state index contributed by atoms with van der Waals surface area (Å²) in [6, 6.07) is -0.301. The Morgan fingerprint density at radius 1 is 1.38 bits per heavy atom. The predicted octanol–water partition coefficient (Wildman–Crippen LogP) is 0.664. The minimum atomic E-state index is -0.301. The molecule has 0 fully saturated rings. The van der Waals surface area contributed by atoms with Gasteiger partial charge in [-0.05, 0) is 6.42 Å². The van der Waals surface area contributed by atoms with Crippen molar-refractivity contribution in [3.05, 3.63) is 0 Å². The largest absolute Gasteiger partial charge is 0.382 e. The third-order valence-electron chi connectivity index (χ3n) is 1.37. The molecular weight excluding hydrogens is 172 g/mol. The molecule has 0 unspecified atom stereocenters. The molecule has 0 atom stereocenters. The number of methoxy groups -OCH3 is 1. The van der Waals surface area contributed by atoms with Crippen molar-refractivity contribution in [3.8, 4) is 0 Å². The molecule has 0 saturated carbocycles. The molecule has 0 spiro atoms. The lowest BCUT2D eigenvalue weighted by Crippen LogP contribution is -2.36. The first-order chi connectivity index (χ1) is 6.31. The quantitative estimate of drug-likeness (QED) is 0.458. The molecular formula is C8H18N2O3. The van der Waals surface area contributed by atoms with Gasteiger partial charge in [-0.2, -0.15) is 0 Å². The zero-order valence-electron chi connectivity index (χ0n) is 8.26. The maximum atomic E-state index is 10.9. The third-order valence-corrected chi connectivity index (χ3v) is 1.37. The summed E-state index contributed by atoms with van der Waals surface area (Å²) in [6.45, 7) is 3.57. The molecule has 0 aliphatic carbocycles. The first-order valence-electron chi connectivity index (χ1n) is 4.45. The van der Waals surface area contributed by atoms with E-state index < -0.39 is 0 Å². The lowest BCUT2D eigenvalue weighted by molar-refractivity contribution is 0.0242. The highest BCUT2D eigenvalue weighted by molar-refractivity contribution is 5.72. The highest BCUT2D eigenvalue weighted by atomic mass is 16.7. The fourth-order valence-corrected chi connectivity index (χ4v) is 0.656. The molecule has 5 heteroatoms. The van der Waals surface area contributed by atoms with Crippen LogP contribution in [0.4, 0.5) is 4.79 Å². The van der Waals surface area contributed by atoms with E-state index in [1.54, 1.807) is 7.11 Å². The second-order valence-electron chi connectivity index (χ2n) is 2.55. The van der Waals surface area contributed by atoms with Crippen molar-refractivity contribution in [2.45, 2.75) is 19.8 Å². The average Bonchev–Trinajstić information content (AvgIpc) is 2.13. The zero-order chi connectivity index (χ0) is 9.94. The van der Waals surface area contributed by atoms with E-state index in [1.165, 1.54) is 0 Å². The summed E-state index contributed by atoms with van der Waals surface area (Å²) in [5.41, 5.74) is 2.25. The number of rotatable bonds is 7. The second-order valence-corrected chi connectivity index (χ2v) is 2.55. The van der Waals surface area contributed by atoms with Crippen LogP contribution in [-0.4, -0.2) is 32.9 Å². The van der Waals surface area contributed by atoms with Gasteiger partial charge in [0.15, 0.2) is 0 Å². The third kappa shape index (κ3) is 9.10. The number of hydrogen-bond acceptors (Lipinski definition) is 3. The normalized spacial score (nSPS) is 9.69. The summed E-state index contributed by atoms with van der Waals surface area (Å²) in [5, 5.41) is 2.64. The van der Waals surface area contributed by atoms with Crippen LogP contribution >= 0.6 is 0 Å². The summed E-state index contributed by atoms with van der Waals surface area (Å²) < 4.78 is 4.73. The molecule has 0 rings (SSSR count). The fourth-order valence-electron chi connectivity index (χ4n) is 0.656. The summed E-state index contributed by atoms with van der Waals surface area (Å²) in [6.07, 6.45) is 2.04. The van der Waals surface area contributed by atoms with Crippen molar-refractivity contribution >= 4 is 6.03 Å². The molecule has 2 amide bonds. The van der Waals surface area contributed by atoms with E-state index in [2.05, 4.69) is 17.7 Å². The Hall–Kier alpha value is -0.810. The molecule has 0 aromatic rings. The van der Waals surface area contributed by atoms with Crippen LogP contribution in [0.5, 0.6) is 0 Å². The van der Waals surface area contributed by atoms with Gasteiger partial charge in [-0.15, -0.1) is 0 Å². The predicted molar refractivity (Wildman–Crippen MR) is 49.3 cm³/mol. The summed E-state index contributed by atoms with van der Waals surface area (Å²) in [4.78, 5) is 15.7. The van der Waals surface area contributed by atoms with Gasteiger partial charge in [-0.25, -0.2) is 10.3 Å². The number of carbonyl (C=O) groups excluding carboxylic acids is 1. The van der Waals surface area contributed by atoms with Gasteiger partial charge < -0.3 is 10.1 Å². The van der Waals surface area contributed by atoms with Crippen LogP contribution < -0.4 is 10.8 Å². The van der Waals surface area contributed by atoms with Crippen molar-refractivity contribution in [1.29, 1.82) is 0 Å². The number of unbranched alkanes of at least 4 members (excludes halogenated alkanes) is 1. The van der Waals surface area contributed by atoms with Crippen molar-refractivity contribution in [2.24, 2.45) is 0 Å². The highest BCUT2D eigenvalue weighted by Gasteiger charge is 1.96. The number of hydroxylamine groups is 1. The molecule has 0 heterocycles. The molecule has 0 bridgehead atoms. The van der Waals surface area contributed by atoms with E-state index in [0.717, 1.165) is 12.8 Å². The van der Waals surface area contributed by atoms with Crippen LogP contribution in [-0.2, 0) is 9.57 Å². The summed E-state index contributed by atoms with van der Waals surface area (Å²) in [5.74, 6) is 0. The number of ether oxygens (including phenoxy) is 1. The number of urea groups is 1. The zero-order valence-corrected chi connectivity index (χ0v) is 8.26. The van der Waals surface area contributed by atoms with Gasteiger partial charge in [0.25, 0.3) is 0 Å². The van der Waals surface area contributed by atoms with Crippen LogP contribution in [0.2, 0.25) is 0 Å². The highest BCUT2D eigenvalue weighted by Crippen LogP contribution is 1.81. The van der Waals surface area contributed by atoms with E-state index in [4.69, 9.17) is 9.57 Å². The lowest BCUT2D eigenvalue weighted by atomic mass is 10.3. The van der Waals surface area contributed by atoms with Crippen LogP contribution in [0.3, 0.4) is 0 Å². The number of hydrogen-bond donors (Lipinski definition) is 2. The van der Waals surface area contributed by atoms with Crippen molar-refractivity contribution in [1.82, 2.24) is 10.8 Å². The van der Waals surface area contributed by atoms with Crippen LogP contribution in [0.25, 0.3) is 0 Å². The van der Waals surface area contributed by atoms with Crippen LogP contribution in [0.15, 0.2) is 0 Å². The van der Waals surface area contributed by atoms with E-state index in [-0.39, 0.29) is 6.03 Å². The SMILES string of the molecule is CCCCNC(=O)NOCCOC. The Kier molecular flexibility index (Phi) is 8.70. The van der Waals surface area contributed by atoms with Gasteiger partial charge in [0.1, 0.15) is 0 Å².